The van der Waals surface area contributed by atoms with Gasteiger partial charge in [-0.05, 0) is 26.7 Å². The van der Waals surface area contributed by atoms with E-state index in [1.165, 1.54) is 0 Å². The lowest BCUT2D eigenvalue weighted by molar-refractivity contribution is 0.0932. The van der Waals surface area contributed by atoms with Crippen molar-refractivity contribution in [2.45, 2.75) is 45.2 Å². The van der Waals surface area contributed by atoms with Gasteiger partial charge in [0, 0.05) is 18.7 Å². The van der Waals surface area contributed by atoms with E-state index in [2.05, 4.69) is 20.6 Å². The first-order chi connectivity index (χ1) is 9.67. The minimum absolute atomic E-state index is 0.191. The average molecular weight is 275 g/mol. The third kappa shape index (κ3) is 2.56. The van der Waals surface area contributed by atoms with Gasteiger partial charge in [0.1, 0.15) is 6.04 Å². The zero-order valence-electron chi connectivity index (χ0n) is 11.5. The molecular weight excluding hydrogens is 258 g/mol. The van der Waals surface area contributed by atoms with Gasteiger partial charge in [-0.15, -0.1) is 0 Å². The molecule has 20 heavy (non-hydrogen) atoms. The van der Waals surface area contributed by atoms with Gasteiger partial charge in [-0.1, -0.05) is 5.16 Å². The fourth-order valence-electron chi connectivity index (χ4n) is 1.93. The Morgan fingerprint density at radius 2 is 2.40 bits per heavy atom. The Morgan fingerprint density at radius 3 is 3.05 bits per heavy atom. The summed E-state index contributed by atoms with van der Waals surface area (Å²) in [7, 11) is 0. The molecule has 1 fully saturated rings. The first-order valence-electron chi connectivity index (χ1n) is 6.84. The standard InChI is InChI=1S/C13H17N5O2/c1-3-18-7-10(6-14-18)12(19)15-8(2)13-16-11(17-20-13)9-4-5-9/h6-9H,3-5H2,1-2H3,(H,15,19). The van der Waals surface area contributed by atoms with E-state index >= 15 is 0 Å². The quantitative estimate of drug-likeness (QED) is 0.896. The molecular formula is C13H17N5O2. The van der Waals surface area contributed by atoms with Crippen LogP contribution < -0.4 is 5.32 Å². The first kappa shape index (κ1) is 12.8. The maximum absolute atomic E-state index is 12.1. The van der Waals surface area contributed by atoms with Gasteiger partial charge in [0.2, 0.25) is 5.89 Å². The smallest absolute Gasteiger partial charge is 0.255 e. The highest BCUT2D eigenvalue weighted by Gasteiger charge is 2.29. The first-order valence-corrected chi connectivity index (χ1v) is 6.84. The van der Waals surface area contributed by atoms with Crippen molar-refractivity contribution in [3.8, 4) is 0 Å². The SMILES string of the molecule is CCn1cc(C(=O)NC(C)c2nc(C3CC3)no2)cn1. The number of nitrogens with one attached hydrogen (secondary N) is 1. The van der Waals surface area contributed by atoms with Crippen molar-refractivity contribution in [2.24, 2.45) is 0 Å². The van der Waals surface area contributed by atoms with Crippen LogP contribution in [0.3, 0.4) is 0 Å². The summed E-state index contributed by atoms with van der Waals surface area (Å²) in [5.74, 6) is 1.45. The van der Waals surface area contributed by atoms with E-state index in [-0.39, 0.29) is 11.9 Å². The Hall–Kier alpha value is -2.18. The van der Waals surface area contributed by atoms with Crippen LogP contribution in [0.5, 0.6) is 0 Å². The van der Waals surface area contributed by atoms with Crippen LogP contribution in [-0.2, 0) is 6.54 Å². The third-order valence-corrected chi connectivity index (χ3v) is 3.34. The molecule has 0 aromatic carbocycles. The second kappa shape index (κ2) is 5.07. The molecule has 1 saturated carbocycles. The Labute approximate surface area is 116 Å². The molecule has 7 heteroatoms. The van der Waals surface area contributed by atoms with Gasteiger partial charge in [0.25, 0.3) is 5.91 Å². The van der Waals surface area contributed by atoms with Crippen molar-refractivity contribution in [3.05, 3.63) is 29.7 Å². The molecule has 7 nitrogen and oxygen atoms in total. The normalized spacial score (nSPS) is 16.1. The second-order valence-corrected chi connectivity index (χ2v) is 5.04. The molecule has 0 spiro atoms. The van der Waals surface area contributed by atoms with Crippen LogP contribution in [0.4, 0.5) is 0 Å². The summed E-state index contributed by atoms with van der Waals surface area (Å²) < 4.78 is 6.90. The van der Waals surface area contributed by atoms with Crippen LogP contribution in [0.2, 0.25) is 0 Å². The molecule has 2 heterocycles. The molecule has 1 aliphatic rings. The number of nitrogens with zero attached hydrogens (tertiary/aromatic N) is 4. The monoisotopic (exact) mass is 275 g/mol. The fourth-order valence-corrected chi connectivity index (χ4v) is 1.93. The largest absolute Gasteiger partial charge is 0.340 e. The van der Waals surface area contributed by atoms with Crippen molar-refractivity contribution < 1.29 is 9.32 Å². The van der Waals surface area contributed by atoms with E-state index in [9.17, 15) is 4.79 Å². The molecule has 1 amide bonds. The fraction of sp³-hybridized carbons (Fsp3) is 0.538. The lowest BCUT2D eigenvalue weighted by Crippen LogP contribution is -2.26. The summed E-state index contributed by atoms with van der Waals surface area (Å²) in [6.07, 6.45) is 5.51. The summed E-state index contributed by atoms with van der Waals surface area (Å²) in [5, 5.41) is 10.9. The van der Waals surface area contributed by atoms with E-state index in [0.717, 1.165) is 25.2 Å². The van der Waals surface area contributed by atoms with E-state index in [0.29, 0.717) is 17.4 Å². The molecule has 0 radical (unpaired) electrons. The highest BCUT2D eigenvalue weighted by atomic mass is 16.5. The maximum atomic E-state index is 12.1. The number of carbonyl (C=O) groups excluding carboxylic acids is 1. The molecule has 1 aliphatic carbocycles. The van der Waals surface area contributed by atoms with Crippen LogP contribution in [0.25, 0.3) is 0 Å². The number of aryl methyl sites for hydroxylation is 1. The topological polar surface area (TPSA) is 85.8 Å². The van der Waals surface area contributed by atoms with Crippen LogP contribution in [-0.4, -0.2) is 25.8 Å². The number of aromatic nitrogens is 4. The number of hydrogen-bond acceptors (Lipinski definition) is 5. The van der Waals surface area contributed by atoms with Crippen LogP contribution in [0, 0.1) is 0 Å². The Morgan fingerprint density at radius 1 is 1.60 bits per heavy atom. The number of rotatable bonds is 5. The number of carbonyl (C=O) groups is 1. The molecule has 0 bridgehead atoms. The van der Waals surface area contributed by atoms with Gasteiger partial charge in [-0.3, -0.25) is 9.48 Å². The predicted molar refractivity (Wildman–Crippen MR) is 70.1 cm³/mol. The van der Waals surface area contributed by atoms with Gasteiger partial charge in [-0.2, -0.15) is 10.1 Å². The molecule has 1 unspecified atom stereocenters. The van der Waals surface area contributed by atoms with Crippen LogP contribution >= 0.6 is 0 Å². The molecule has 1 atom stereocenters. The van der Waals surface area contributed by atoms with Crippen LogP contribution in [0.1, 0.15) is 60.7 Å². The van der Waals surface area contributed by atoms with E-state index in [1.807, 2.05) is 13.8 Å². The predicted octanol–water partition coefficient (Wildman–Crippen LogP) is 1.65. The van der Waals surface area contributed by atoms with Gasteiger partial charge >= 0.3 is 0 Å². The molecule has 106 valence electrons. The molecule has 1 N–H and O–H groups in total. The highest BCUT2D eigenvalue weighted by molar-refractivity contribution is 5.93. The minimum atomic E-state index is -0.313. The van der Waals surface area contributed by atoms with Crippen molar-refractivity contribution >= 4 is 5.91 Å². The van der Waals surface area contributed by atoms with E-state index < -0.39 is 0 Å². The molecule has 2 aromatic rings. The second-order valence-electron chi connectivity index (χ2n) is 5.04. The van der Waals surface area contributed by atoms with Crippen molar-refractivity contribution in [2.75, 3.05) is 0 Å². The third-order valence-electron chi connectivity index (χ3n) is 3.34. The molecule has 0 aliphatic heterocycles. The average Bonchev–Trinajstić information content (AvgIpc) is 3.00. The Bertz CT molecular complexity index is 614. The van der Waals surface area contributed by atoms with Gasteiger partial charge in [-0.25, -0.2) is 0 Å². The Kier molecular flexibility index (Phi) is 3.25. The molecule has 3 rings (SSSR count). The lowest BCUT2D eigenvalue weighted by atomic mass is 10.3. The summed E-state index contributed by atoms with van der Waals surface area (Å²) in [6.45, 7) is 4.53. The lowest BCUT2D eigenvalue weighted by Gasteiger charge is -2.07. The molecule has 0 saturated heterocycles. The zero-order valence-corrected chi connectivity index (χ0v) is 11.5. The number of amides is 1. The zero-order chi connectivity index (χ0) is 14.1. The maximum Gasteiger partial charge on any atom is 0.255 e. The van der Waals surface area contributed by atoms with Gasteiger partial charge in [0.05, 0.1) is 11.8 Å². The summed E-state index contributed by atoms with van der Waals surface area (Å²) in [5.41, 5.74) is 0.528. The van der Waals surface area contributed by atoms with Gasteiger partial charge < -0.3 is 9.84 Å². The highest BCUT2D eigenvalue weighted by Crippen LogP contribution is 2.38. The van der Waals surface area contributed by atoms with E-state index in [4.69, 9.17) is 4.52 Å². The van der Waals surface area contributed by atoms with Crippen molar-refractivity contribution in [3.63, 3.8) is 0 Å². The van der Waals surface area contributed by atoms with Crippen molar-refractivity contribution in [1.29, 1.82) is 0 Å². The number of hydrogen-bond donors (Lipinski definition) is 1. The van der Waals surface area contributed by atoms with Crippen LogP contribution in [0.15, 0.2) is 16.9 Å². The Balaban J connectivity index is 1.64. The van der Waals surface area contributed by atoms with Gasteiger partial charge in [0.15, 0.2) is 5.82 Å². The van der Waals surface area contributed by atoms with Crippen molar-refractivity contribution in [1.82, 2.24) is 25.2 Å². The summed E-state index contributed by atoms with van der Waals surface area (Å²) >= 11 is 0. The molecule has 2 aromatic heterocycles. The summed E-state index contributed by atoms with van der Waals surface area (Å²) in [4.78, 5) is 16.4. The van der Waals surface area contributed by atoms with E-state index in [1.54, 1.807) is 17.1 Å². The summed E-state index contributed by atoms with van der Waals surface area (Å²) in [6, 6.07) is -0.313. The minimum Gasteiger partial charge on any atom is -0.340 e.